The summed E-state index contributed by atoms with van der Waals surface area (Å²) in [5.74, 6) is 0. The molecule has 0 radical (unpaired) electrons. The zero-order valence-electron chi connectivity index (χ0n) is 11.1. The molecular formula is C10H20O7P2. The fraction of sp³-hybridized carbons (Fsp3) is 0.600. The third-order valence-electron chi connectivity index (χ3n) is 1.76. The summed E-state index contributed by atoms with van der Waals surface area (Å²) in [6.07, 6.45) is 0.747. The highest BCUT2D eigenvalue weighted by Gasteiger charge is 2.35. The molecule has 0 atom stereocenters. The summed E-state index contributed by atoms with van der Waals surface area (Å²) in [5.41, 5.74) is 1.54. The molecule has 0 heterocycles. The predicted octanol–water partition coefficient (Wildman–Crippen LogP) is 3.17. The van der Waals surface area contributed by atoms with Crippen LogP contribution >= 0.6 is 15.6 Å². The zero-order valence-corrected chi connectivity index (χ0v) is 12.9. The van der Waals surface area contributed by atoms with Gasteiger partial charge in [-0.2, -0.15) is 4.31 Å². The second-order valence-electron chi connectivity index (χ2n) is 4.10. The van der Waals surface area contributed by atoms with Gasteiger partial charge in [0.1, 0.15) is 0 Å². The molecule has 0 saturated heterocycles. The van der Waals surface area contributed by atoms with E-state index in [1.807, 2.05) is 0 Å². The first-order valence-corrected chi connectivity index (χ1v) is 8.48. The SMILES string of the molecule is C=C(C)CCOP(=O)(OCCC(=C)C)OP(=O)(O)O. The second-order valence-corrected chi connectivity index (χ2v) is 7.15. The number of phosphoric ester groups is 1. The lowest BCUT2D eigenvalue weighted by molar-refractivity contribution is 0.142. The van der Waals surface area contributed by atoms with Crippen molar-refractivity contribution in [3.63, 3.8) is 0 Å². The molecule has 0 aliphatic heterocycles. The van der Waals surface area contributed by atoms with Crippen LogP contribution in [0.2, 0.25) is 0 Å². The minimum Gasteiger partial charge on any atom is -0.302 e. The molecule has 2 N–H and O–H groups in total. The van der Waals surface area contributed by atoms with E-state index in [2.05, 4.69) is 17.5 Å². The van der Waals surface area contributed by atoms with Crippen LogP contribution in [0.3, 0.4) is 0 Å². The van der Waals surface area contributed by atoms with Crippen LogP contribution in [-0.2, 0) is 22.5 Å². The second kappa shape index (κ2) is 8.12. The summed E-state index contributed by atoms with van der Waals surface area (Å²) in [5, 5.41) is 0. The van der Waals surface area contributed by atoms with E-state index in [1.165, 1.54) is 0 Å². The lowest BCUT2D eigenvalue weighted by Crippen LogP contribution is -2.02. The first-order chi connectivity index (χ1) is 8.54. The summed E-state index contributed by atoms with van der Waals surface area (Å²) >= 11 is 0. The van der Waals surface area contributed by atoms with Crippen LogP contribution in [0.15, 0.2) is 24.3 Å². The molecule has 0 fully saturated rings. The molecular weight excluding hydrogens is 294 g/mol. The smallest absolute Gasteiger partial charge is 0.302 e. The third-order valence-corrected chi connectivity index (χ3v) is 4.41. The monoisotopic (exact) mass is 314 g/mol. The number of hydrogen-bond acceptors (Lipinski definition) is 5. The molecule has 0 unspecified atom stereocenters. The first kappa shape index (κ1) is 18.7. The first-order valence-electron chi connectivity index (χ1n) is 5.49. The summed E-state index contributed by atoms with van der Waals surface area (Å²) in [7, 11) is -9.27. The Hall–Kier alpha value is -0.260. The van der Waals surface area contributed by atoms with Gasteiger partial charge in [0.25, 0.3) is 0 Å². The zero-order chi connectivity index (χ0) is 15.1. The van der Waals surface area contributed by atoms with Crippen molar-refractivity contribution in [2.75, 3.05) is 13.2 Å². The van der Waals surface area contributed by atoms with Crippen molar-refractivity contribution in [1.29, 1.82) is 0 Å². The van der Waals surface area contributed by atoms with Crippen LogP contribution in [0.4, 0.5) is 0 Å². The molecule has 0 aromatic heterocycles. The van der Waals surface area contributed by atoms with E-state index in [0.29, 0.717) is 12.8 Å². The van der Waals surface area contributed by atoms with Crippen molar-refractivity contribution in [2.24, 2.45) is 0 Å². The quantitative estimate of drug-likeness (QED) is 0.471. The Morgan fingerprint density at radius 3 is 1.63 bits per heavy atom. The molecule has 112 valence electrons. The normalized spacial score (nSPS) is 12.4. The van der Waals surface area contributed by atoms with Crippen molar-refractivity contribution in [1.82, 2.24) is 0 Å². The van der Waals surface area contributed by atoms with Gasteiger partial charge in [0, 0.05) is 0 Å². The van der Waals surface area contributed by atoms with Crippen LogP contribution in [0, 0.1) is 0 Å². The molecule has 0 aromatic carbocycles. The van der Waals surface area contributed by atoms with Gasteiger partial charge in [0.15, 0.2) is 0 Å². The Labute approximate surface area is 113 Å². The van der Waals surface area contributed by atoms with Gasteiger partial charge in [-0.25, -0.2) is 9.13 Å². The fourth-order valence-electron chi connectivity index (χ4n) is 0.878. The number of phosphoric acid groups is 2. The van der Waals surface area contributed by atoms with Gasteiger partial charge in [0.05, 0.1) is 13.2 Å². The Kier molecular flexibility index (Phi) is 8.01. The highest BCUT2D eigenvalue weighted by molar-refractivity contribution is 7.61. The average molecular weight is 314 g/mol. The summed E-state index contributed by atoms with van der Waals surface area (Å²) in [6.45, 7) is 10.6. The van der Waals surface area contributed by atoms with Crippen LogP contribution in [0.5, 0.6) is 0 Å². The van der Waals surface area contributed by atoms with Crippen LogP contribution < -0.4 is 0 Å². The van der Waals surface area contributed by atoms with E-state index in [-0.39, 0.29) is 13.2 Å². The Morgan fingerprint density at radius 2 is 1.37 bits per heavy atom. The van der Waals surface area contributed by atoms with Gasteiger partial charge in [-0.15, -0.1) is 13.2 Å². The molecule has 9 heteroatoms. The molecule has 0 aromatic rings. The molecule has 0 rings (SSSR count). The van der Waals surface area contributed by atoms with Gasteiger partial charge in [-0.1, -0.05) is 11.1 Å². The average Bonchev–Trinajstić information content (AvgIpc) is 2.12. The Bertz CT molecular complexity index is 388. The van der Waals surface area contributed by atoms with Crippen molar-refractivity contribution in [2.45, 2.75) is 26.7 Å². The third kappa shape index (κ3) is 11.3. The summed E-state index contributed by atoms with van der Waals surface area (Å²) < 4.78 is 36.5. The van der Waals surface area contributed by atoms with E-state index in [9.17, 15) is 9.13 Å². The molecule has 7 nitrogen and oxygen atoms in total. The Balaban J connectivity index is 4.53. The molecule has 19 heavy (non-hydrogen) atoms. The fourth-order valence-corrected chi connectivity index (χ4v) is 3.00. The highest BCUT2D eigenvalue weighted by atomic mass is 31.3. The minimum atomic E-state index is -4.97. The van der Waals surface area contributed by atoms with Gasteiger partial charge in [-0.05, 0) is 26.7 Å². The highest BCUT2D eigenvalue weighted by Crippen LogP contribution is 2.61. The molecule has 0 aliphatic carbocycles. The lowest BCUT2D eigenvalue weighted by atomic mass is 10.3. The van der Waals surface area contributed by atoms with Crippen LogP contribution in [-0.4, -0.2) is 23.0 Å². The topological polar surface area (TPSA) is 102 Å². The van der Waals surface area contributed by atoms with E-state index in [4.69, 9.17) is 18.8 Å². The van der Waals surface area contributed by atoms with Gasteiger partial charge in [0.2, 0.25) is 0 Å². The number of rotatable bonds is 10. The Morgan fingerprint density at radius 1 is 1.00 bits per heavy atom. The van der Waals surface area contributed by atoms with Crippen LogP contribution in [0.25, 0.3) is 0 Å². The maximum atomic E-state index is 12.0. The van der Waals surface area contributed by atoms with Gasteiger partial charge in [-0.3, -0.25) is 9.05 Å². The maximum Gasteiger partial charge on any atom is 0.483 e. The van der Waals surface area contributed by atoms with Crippen molar-refractivity contribution >= 4 is 15.6 Å². The largest absolute Gasteiger partial charge is 0.483 e. The van der Waals surface area contributed by atoms with Gasteiger partial charge < -0.3 is 9.79 Å². The van der Waals surface area contributed by atoms with Crippen molar-refractivity contribution in [3.8, 4) is 0 Å². The summed E-state index contributed by atoms with van der Waals surface area (Å²) in [6, 6.07) is 0. The molecule has 0 bridgehead atoms. The van der Waals surface area contributed by atoms with Crippen LogP contribution in [0.1, 0.15) is 26.7 Å². The molecule has 0 saturated carbocycles. The minimum absolute atomic E-state index is 0.0698. The van der Waals surface area contributed by atoms with E-state index in [0.717, 1.165) is 11.1 Å². The lowest BCUT2D eigenvalue weighted by Gasteiger charge is -2.18. The van der Waals surface area contributed by atoms with E-state index < -0.39 is 15.6 Å². The molecule has 0 amide bonds. The standard InChI is InChI=1S/C10H20O7P2/c1-9(2)5-7-15-19(14,17-18(11,12)13)16-8-6-10(3)4/h1,3,5-8H2,2,4H3,(H2,11,12,13). The van der Waals surface area contributed by atoms with Gasteiger partial charge >= 0.3 is 15.6 Å². The van der Waals surface area contributed by atoms with Crippen molar-refractivity contribution < 1.29 is 32.3 Å². The van der Waals surface area contributed by atoms with E-state index >= 15 is 0 Å². The molecule has 0 aliphatic rings. The summed E-state index contributed by atoms with van der Waals surface area (Å²) in [4.78, 5) is 17.4. The predicted molar refractivity (Wildman–Crippen MR) is 71.5 cm³/mol. The molecule has 0 spiro atoms. The number of hydrogen-bond donors (Lipinski definition) is 2. The van der Waals surface area contributed by atoms with Crippen molar-refractivity contribution in [3.05, 3.63) is 24.3 Å². The maximum absolute atomic E-state index is 12.0. The van der Waals surface area contributed by atoms with E-state index in [1.54, 1.807) is 13.8 Å².